The van der Waals surface area contributed by atoms with Crippen LogP contribution in [0.15, 0.2) is 41.3 Å². The summed E-state index contributed by atoms with van der Waals surface area (Å²) in [7, 11) is -2.55. The lowest BCUT2D eigenvalue weighted by molar-refractivity contribution is -0.117. The van der Waals surface area contributed by atoms with Gasteiger partial charge in [0.1, 0.15) is 10.6 Å². The van der Waals surface area contributed by atoms with Crippen LogP contribution in [0.2, 0.25) is 0 Å². The van der Waals surface area contributed by atoms with Gasteiger partial charge >= 0.3 is 0 Å². The molecule has 27 heavy (non-hydrogen) atoms. The Morgan fingerprint density at radius 1 is 1.11 bits per heavy atom. The Bertz CT molecular complexity index is 1000. The second-order valence-electron chi connectivity index (χ2n) is 6.16. The number of ether oxygens (including phenoxy) is 3. The number of carbonyl (C=O) groups is 1. The van der Waals surface area contributed by atoms with Crippen molar-refractivity contribution in [2.45, 2.75) is 17.7 Å². The van der Waals surface area contributed by atoms with Gasteiger partial charge in [0.05, 0.1) is 12.8 Å². The molecular weight excluding hydrogens is 372 g/mol. The molecule has 2 aliphatic heterocycles. The molecule has 0 aliphatic carbocycles. The molecule has 8 nitrogen and oxygen atoms in total. The second kappa shape index (κ2) is 6.66. The van der Waals surface area contributed by atoms with Crippen LogP contribution in [0.5, 0.6) is 17.2 Å². The lowest BCUT2D eigenvalue weighted by Gasteiger charge is -2.18. The molecule has 9 heteroatoms. The molecule has 0 atom stereocenters. The molecule has 1 N–H and O–H groups in total. The Kier molecular flexibility index (Phi) is 4.31. The fraction of sp³-hybridized carbons (Fsp3) is 0.278. The normalized spacial score (nSPS) is 15.9. The van der Waals surface area contributed by atoms with Crippen molar-refractivity contribution in [3.05, 3.63) is 36.4 Å². The van der Waals surface area contributed by atoms with Gasteiger partial charge in [-0.1, -0.05) is 0 Å². The van der Waals surface area contributed by atoms with Crippen LogP contribution >= 0.6 is 0 Å². The van der Waals surface area contributed by atoms with Crippen molar-refractivity contribution in [1.82, 2.24) is 0 Å². The number of sulfonamides is 1. The van der Waals surface area contributed by atoms with Gasteiger partial charge in [-0.2, -0.15) is 0 Å². The minimum atomic E-state index is -3.95. The maximum atomic E-state index is 13.0. The van der Waals surface area contributed by atoms with Crippen LogP contribution in [-0.4, -0.2) is 34.8 Å². The van der Waals surface area contributed by atoms with Crippen LogP contribution in [0.4, 0.5) is 11.4 Å². The summed E-state index contributed by atoms with van der Waals surface area (Å²) in [6, 6.07) is 9.47. The molecule has 0 saturated carbocycles. The predicted molar refractivity (Wildman–Crippen MR) is 98.0 cm³/mol. The van der Waals surface area contributed by atoms with Gasteiger partial charge in [-0.05, 0) is 36.8 Å². The van der Waals surface area contributed by atoms with Crippen molar-refractivity contribution in [2.75, 3.05) is 30.1 Å². The highest BCUT2D eigenvalue weighted by atomic mass is 32.2. The third-order valence-corrected chi connectivity index (χ3v) is 5.85. The molecular formula is C18H18N2O6S. The van der Waals surface area contributed by atoms with E-state index in [1.807, 2.05) is 0 Å². The van der Waals surface area contributed by atoms with Gasteiger partial charge in [0, 0.05) is 24.7 Å². The van der Waals surface area contributed by atoms with Crippen LogP contribution in [0.25, 0.3) is 0 Å². The Hall–Kier alpha value is -2.94. The Morgan fingerprint density at radius 3 is 2.67 bits per heavy atom. The number of amides is 1. The largest absolute Gasteiger partial charge is 0.495 e. The average Bonchev–Trinajstić information content (AvgIpc) is 3.29. The fourth-order valence-corrected chi connectivity index (χ4v) is 4.37. The molecule has 0 radical (unpaired) electrons. The van der Waals surface area contributed by atoms with E-state index in [1.54, 1.807) is 35.2 Å². The van der Waals surface area contributed by atoms with Crippen LogP contribution < -0.4 is 23.8 Å². The molecule has 4 rings (SSSR count). The summed E-state index contributed by atoms with van der Waals surface area (Å²) in [5, 5.41) is 0. The Morgan fingerprint density at radius 2 is 1.93 bits per heavy atom. The summed E-state index contributed by atoms with van der Waals surface area (Å²) in [6.07, 6.45) is 1.21. The first kappa shape index (κ1) is 17.5. The highest BCUT2D eigenvalue weighted by molar-refractivity contribution is 7.92. The van der Waals surface area contributed by atoms with E-state index in [1.165, 1.54) is 13.2 Å². The first-order valence-electron chi connectivity index (χ1n) is 8.39. The van der Waals surface area contributed by atoms with Gasteiger partial charge in [-0.15, -0.1) is 0 Å². The monoisotopic (exact) mass is 390 g/mol. The van der Waals surface area contributed by atoms with Crippen molar-refractivity contribution < 1.29 is 27.4 Å². The highest BCUT2D eigenvalue weighted by Crippen LogP contribution is 2.36. The number of hydrogen-bond donors (Lipinski definition) is 1. The fourth-order valence-electron chi connectivity index (χ4n) is 3.13. The van der Waals surface area contributed by atoms with Crippen molar-refractivity contribution in [3.63, 3.8) is 0 Å². The maximum Gasteiger partial charge on any atom is 0.265 e. The first-order valence-corrected chi connectivity index (χ1v) is 9.87. The zero-order valence-electron chi connectivity index (χ0n) is 14.6. The summed E-state index contributed by atoms with van der Waals surface area (Å²) in [5.41, 5.74) is 0.869. The lowest BCUT2D eigenvalue weighted by Crippen LogP contribution is -2.24. The Labute approximate surface area is 156 Å². The number of hydrogen-bond acceptors (Lipinski definition) is 6. The summed E-state index contributed by atoms with van der Waals surface area (Å²) in [4.78, 5) is 13.5. The topological polar surface area (TPSA) is 94.2 Å². The molecule has 1 amide bonds. The van der Waals surface area contributed by atoms with Crippen LogP contribution in [0, 0.1) is 0 Å². The van der Waals surface area contributed by atoms with Crippen molar-refractivity contribution >= 4 is 27.3 Å². The molecule has 0 aromatic heterocycles. The number of methoxy groups -OCH3 is 1. The molecule has 2 aliphatic rings. The highest BCUT2D eigenvalue weighted by Gasteiger charge is 2.26. The van der Waals surface area contributed by atoms with E-state index >= 15 is 0 Å². The maximum absolute atomic E-state index is 13.0. The molecule has 142 valence electrons. The lowest BCUT2D eigenvalue weighted by atomic mass is 10.3. The molecule has 0 bridgehead atoms. The number of nitrogens with zero attached hydrogens (tertiary/aromatic N) is 1. The van der Waals surface area contributed by atoms with Crippen molar-refractivity contribution in [3.8, 4) is 17.2 Å². The standard InChI is InChI=1S/C18H18N2O6S/c1-24-15-7-5-13(20-8-2-3-18(20)21)10-17(15)27(22,23)19-12-4-6-14-16(9-12)26-11-25-14/h4-7,9-10,19H,2-3,8,11H2,1H3. The molecule has 2 aromatic carbocycles. The summed E-state index contributed by atoms with van der Waals surface area (Å²) in [5.74, 6) is 1.20. The number of anilines is 2. The van der Waals surface area contributed by atoms with E-state index in [0.717, 1.165) is 6.42 Å². The van der Waals surface area contributed by atoms with Gasteiger partial charge < -0.3 is 19.1 Å². The van der Waals surface area contributed by atoms with E-state index in [4.69, 9.17) is 14.2 Å². The van der Waals surface area contributed by atoms with E-state index in [2.05, 4.69) is 4.72 Å². The smallest absolute Gasteiger partial charge is 0.265 e. The first-order chi connectivity index (χ1) is 13.0. The molecule has 1 saturated heterocycles. The number of nitrogens with one attached hydrogen (secondary N) is 1. The molecule has 1 fully saturated rings. The second-order valence-corrected chi connectivity index (χ2v) is 7.81. The summed E-state index contributed by atoms with van der Waals surface area (Å²) in [6.45, 7) is 0.672. The van der Waals surface area contributed by atoms with Gasteiger partial charge in [0.2, 0.25) is 12.7 Å². The third-order valence-electron chi connectivity index (χ3n) is 4.45. The minimum Gasteiger partial charge on any atom is -0.495 e. The SMILES string of the molecule is COc1ccc(N2CCCC2=O)cc1S(=O)(=O)Nc1ccc2c(c1)OCO2. The van der Waals surface area contributed by atoms with Crippen molar-refractivity contribution in [1.29, 1.82) is 0 Å². The van der Waals surface area contributed by atoms with Gasteiger partial charge in [0.15, 0.2) is 11.5 Å². The van der Waals surface area contributed by atoms with Gasteiger partial charge in [-0.3, -0.25) is 9.52 Å². The van der Waals surface area contributed by atoms with E-state index in [9.17, 15) is 13.2 Å². The van der Waals surface area contributed by atoms with E-state index in [-0.39, 0.29) is 23.3 Å². The summed E-state index contributed by atoms with van der Waals surface area (Å²) < 4.78 is 44.2. The van der Waals surface area contributed by atoms with E-state index < -0.39 is 10.0 Å². The Balaban J connectivity index is 1.68. The zero-order valence-corrected chi connectivity index (χ0v) is 15.4. The number of carbonyl (C=O) groups excluding carboxylic acids is 1. The third kappa shape index (κ3) is 3.25. The van der Waals surface area contributed by atoms with Gasteiger partial charge in [-0.25, -0.2) is 8.42 Å². The number of rotatable bonds is 5. The predicted octanol–water partition coefficient (Wildman–Crippen LogP) is 2.35. The van der Waals surface area contributed by atoms with Crippen molar-refractivity contribution in [2.24, 2.45) is 0 Å². The molecule has 0 spiro atoms. The average molecular weight is 390 g/mol. The van der Waals surface area contributed by atoms with Crippen LogP contribution in [-0.2, 0) is 14.8 Å². The van der Waals surface area contributed by atoms with E-state index in [0.29, 0.717) is 35.8 Å². The zero-order chi connectivity index (χ0) is 19.0. The molecule has 2 aromatic rings. The van der Waals surface area contributed by atoms with Crippen LogP contribution in [0.1, 0.15) is 12.8 Å². The minimum absolute atomic E-state index is 0.0211. The molecule has 2 heterocycles. The molecule has 0 unspecified atom stereocenters. The number of benzene rings is 2. The van der Waals surface area contributed by atoms with Gasteiger partial charge in [0.25, 0.3) is 10.0 Å². The van der Waals surface area contributed by atoms with Crippen LogP contribution in [0.3, 0.4) is 0 Å². The summed E-state index contributed by atoms with van der Waals surface area (Å²) >= 11 is 0. The quantitative estimate of drug-likeness (QED) is 0.842. The number of fused-ring (bicyclic) bond motifs is 1.